The van der Waals surface area contributed by atoms with Gasteiger partial charge in [-0.2, -0.15) is 0 Å². The molecule has 0 aliphatic carbocycles. The van der Waals surface area contributed by atoms with Gasteiger partial charge in [0.25, 0.3) is 0 Å². The van der Waals surface area contributed by atoms with Crippen LogP contribution in [0.3, 0.4) is 0 Å². The zero-order valence-electron chi connectivity index (χ0n) is 11.3. The van der Waals surface area contributed by atoms with Crippen LogP contribution in [0.25, 0.3) is 0 Å². The molecule has 1 rings (SSSR count). The van der Waals surface area contributed by atoms with Gasteiger partial charge in [-0.3, -0.25) is 10.1 Å². The van der Waals surface area contributed by atoms with Crippen LogP contribution in [0.2, 0.25) is 0 Å². The second-order valence-electron chi connectivity index (χ2n) is 4.77. The number of halogens is 1. The van der Waals surface area contributed by atoms with Crippen LogP contribution in [0.1, 0.15) is 27.2 Å². The zero-order chi connectivity index (χ0) is 14.4. The highest BCUT2D eigenvalue weighted by Crippen LogP contribution is 2.15. The summed E-state index contributed by atoms with van der Waals surface area (Å²) < 4.78 is 6.07. The number of nitrogens with one attached hydrogen (secondary N) is 1. The van der Waals surface area contributed by atoms with Gasteiger partial charge in [-0.1, -0.05) is 29.8 Å². The van der Waals surface area contributed by atoms with Crippen molar-refractivity contribution in [2.24, 2.45) is 5.92 Å². The number of amides is 1. The van der Waals surface area contributed by atoms with Crippen LogP contribution in [0.5, 0.6) is 0 Å². The Labute approximate surface area is 121 Å². The first-order valence-corrected chi connectivity index (χ1v) is 6.91. The SMILES string of the molecule is CC(=O)[C@H](CC(C)C)OC(=O)Nc1ccc(Br)cc1. The molecule has 0 spiro atoms. The maximum absolute atomic E-state index is 11.7. The second-order valence-corrected chi connectivity index (χ2v) is 5.68. The molecule has 0 saturated carbocycles. The van der Waals surface area contributed by atoms with Crippen molar-refractivity contribution in [2.45, 2.75) is 33.3 Å². The molecule has 0 radical (unpaired) electrons. The van der Waals surface area contributed by atoms with E-state index in [9.17, 15) is 9.59 Å². The van der Waals surface area contributed by atoms with E-state index in [1.54, 1.807) is 12.1 Å². The smallest absolute Gasteiger partial charge is 0.412 e. The molecule has 4 nitrogen and oxygen atoms in total. The summed E-state index contributed by atoms with van der Waals surface area (Å²) in [5, 5.41) is 2.59. The molecule has 1 amide bonds. The summed E-state index contributed by atoms with van der Waals surface area (Å²) in [5.74, 6) is 0.147. The quantitative estimate of drug-likeness (QED) is 0.889. The van der Waals surface area contributed by atoms with E-state index >= 15 is 0 Å². The van der Waals surface area contributed by atoms with Gasteiger partial charge in [-0.15, -0.1) is 0 Å². The minimum atomic E-state index is -0.685. The Morgan fingerprint density at radius 1 is 1.26 bits per heavy atom. The summed E-state index contributed by atoms with van der Waals surface area (Å²) in [4.78, 5) is 23.1. The minimum Gasteiger partial charge on any atom is -0.438 e. The van der Waals surface area contributed by atoms with Crippen molar-refractivity contribution in [3.05, 3.63) is 28.7 Å². The number of hydrogen-bond acceptors (Lipinski definition) is 3. The lowest BCUT2D eigenvalue weighted by atomic mass is 10.0. The first kappa shape index (κ1) is 15.7. The Bertz CT molecular complexity index is 443. The number of ketones is 1. The summed E-state index contributed by atoms with van der Waals surface area (Å²) in [6.07, 6.45) is -0.762. The number of Topliss-reactive ketones (excluding diaryl/α,β-unsaturated/α-hetero) is 1. The Morgan fingerprint density at radius 2 is 1.84 bits per heavy atom. The van der Waals surface area contributed by atoms with Crippen molar-refractivity contribution in [1.29, 1.82) is 0 Å². The number of rotatable bonds is 5. The zero-order valence-corrected chi connectivity index (χ0v) is 12.9. The third-order valence-electron chi connectivity index (χ3n) is 2.48. The average Bonchev–Trinajstić information content (AvgIpc) is 2.30. The van der Waals surface area contributed by atoms with Crippen LogP contribution in [0, 0.1) is 5.92 Å². The van der Waals surface area contributed by atoms with Crippen molar-refractivity contribution < 1.29 is 14.3 Å². The standard InChI is InChI=1S/C14H18BrNO3/c1-9(2)8-13(10(3)17)19-14(18)16-12-6-4-11(15)5-7-12/h4-7,9,13H,8H2,1-3H3,(H,16,18)/t13-/m0/s1. The molecule has 0 aliphatic heterocycles. The van der Waals surface area contributed by atoms with Gasteiger partial charge in [0.15, 0.2) is 11.9 Å². The molecular weight excluding hydrogens is 310 g/mol. The summed E-state index contributed by atoms with van der Waals surface area (Å²) in [6, 6.07) is 7.12. The van der Waals surface area contributed by atoms with E-state index in [-0.39, 0.29) is 11.7 Å². The van der Waals surface area contributed by atoms with Gasteiger partial charge in [0.1, 0.15) is 0 Å². The number of carbonyl (C=O) groups is 2. The summed E-state index contributed by atoms with van der Waals surface area (Å²) in [7, 11) is 0. The fourth-order valence-corrected chi connectivity index (χ4v) is 1.80. The Kier molecular flexibility index (Phi) is 6.02. The van der Waals surface area contributed by atoms with Gasteiger partial charge < -0.3 is 4.74 Å². The molecule has 0 saturated heterocycles. The molecule has 1 aromatic rings. The van der Waals surface area contributed by atoms with Gasteiger partial charge in [-0.05, 0) is 43.5 Å². The normalized spacial score (nSPS) is 12.1. The molecular formula is C14H18BrNO3. The second kappa shape index (κ2) is 7.28. The van der Waals surface area contributed by atoms with Gasteiger partial charge in [-0.25, -0.2) is 4.79 Å². The van der Waals surface area contributed by atoms with Crippen LogP contribution in [0.15, 0.2) is 28.7 Å². The fourth-order valence-electron chi connectivity index (χ4n) is 1.53. The third-order valence-corrected chi connectivity index (χ3v) is 3.01. The lowest BCUT2D eigenvalue weighted by Crippen LogP contribution is -2.29. The lowest BCUT2D eigenvalue weighted by Gasteiger charge is -2.17. The molecule has 1 N–H and O–H groups in total. The van der Waals surface area contributed by atoms with Crippen LogP contribution < -0.4 is 5.32 Å². The van der Waals surface area contributed by atoms with E-state index < -0.39 is 12.2 Å². The number of ether oxygens (including phenoxy) is 1. The van der Waals surface area contributed by atoms with E-state index in [4.69, 9.17) is 4.74 Å². The Morgan fingerprint density at radius 3 is 2.32 bits per heavy atom. The molecule has 104 valence electrons. The summed E-state index contributed by atoms with van der Waals surface area (Å²) in [6.45, 7) is 5.39. The van der Waals surface area contributed by atoms with E-state index in [1.807, 2.05) is 26.0 Å². The first-order chi connectivity index (χ1) is 8.88. The van der Waals surface area contributed by atoms with Crippen molar-refractivity contribution in [3.63, 3.8) is 0 Å². The van der Waals surface area contributed by atoms with Crippen LogP contribution in [0.4, 0.5) is 10.5 Å². The maximum atomic E-state index is 11.7. The highest BCUT2D eigenvalue weighted by molar-refractivity contribution is 9.10. The van der Waals surface area contributed by atoms with Gasteiger partial charge in [0.2, 0.25) is 0 Å². The number of anilines is 1. The van der Waals surface area contributed by atoms with E-state index in [2.05, 4.69) is 21.2 Å². The van der Waals surface area contributed by atoms with Gasteiger partial charge in [0, 0.05) is 10.2 Å². The predicted octanol–water partition coefficient (Wildman–Crippen LogP) is 4.00. The first-order valence-electron chi connectivity index (χ1n) is 6.12. The van der Waals surface area contributed by atoms with Crippen LogP contribution in [-0.2, 0) is 9.53 Å². The monoisotopic (exact) mass is 327 g/mol. The lowest BCUT2D eigenvalue weighted by molar-refractivity contribution is -0.125. The molecule has 0 heterocycles. The fraction of sp³-hybridized carbons (Fsp3) is 0.429. The Hall–Kier alpha value is -1.36. The third kappa shape index (κ3) is 5.87. The van der Waals surface area contributed by atoms with Crippen LogP contribution in [-0.4, -0.2) is 18.0 Å². The molecule has 0 bridgehead atoms. The number of hydrogen-bond donors (Lipinski definition) is 1. The largest absolute Gasteiger partial charge is 0.438 e. The molecule has 19 heavy (non-hydrogen) atoms. The Balaban J connectivity index is 2.57. The predicted molar refractivity (Wildman–Crippen MR) is 78.2 cm³/mol. The maximum Gasteiger partial charge on any atom is 0.412 e. The average molecular weight is 328 g/mol. The molecule has 0 aromatic heterocycles. The number of benzene rings is 1. The summed E-state index contributed by atoms with van der Waals surface area (Å²) >= 11 is 3.31. The molecule has 5 heteroatoms. The molecule has 1 aromatic carbocycles. The highest BCUT2D eigenvalue weighted by Gasteiger charge is 2.20. The topological polar surface area (TPSA) is 55.4 Å². The molecule has 0 fully saturated rings. The molecule has 0 aliphatic rings. The van der Waals surface area contributed by atoms with Gasteiger partial charge >= 0.3 is 6.09 Å². The van der Waals surface area contributed by atoms with Crippen LogP contribution >= 0.6 is 15.9 Å². The minimum absolute atomic E-state index is 0.139. The van der Waals surface area contributed by atoms with Crippen molar-refractivity contribution >= 4 is 33.5 Å². The molecule has 1 atom stereocenters. The van der Waals surface area contributed by atoms with Gasteiger partial charge in [0.05, 0.1) is 0 Å². The molecule has 0 unspecified atom stereocenters. The number of carbonyl (C=O) groups excluding carboxylic acids is 2. The van der Waals surface area contributed by atoms with E-state index in [0.29, 0.717) is 12.1 Å². The van der Waals surface area contributed by atoms with E-state index in [0.717, 1.165) is 4.47 Å². The van der Waals surface area contributed by atoms with Crippen molar-refractivity contribution in [1.82, 2.24) is 0 Å². The van der Waals surface area contributed by atoms with E-state index in [1.165, 1.54) is 6.92 Å². The summed E-state index contributed by atoms with van der Waals surface area (Å²) in [5.41, 5.74) is 0.625. The highest BCUT2D eigenvalue weighted by atomic mass is 79.9. The van der Waals surface area contributed by atoms with Crippen molar-refractivity contribution in [3.8, 4) is 0 Å². The van der Waals surface area contributed by atoms with Crippen molar-refractivity contribution in [2.75, 3.05) is 5.32 Å².